The zero-order valence-corrected chi connectivity index (χ0v) is 14.6. The average Bonchev–Trinajstić information content (AvgIpc) is 2.46. The molecule has 24 heavy (non-hydrogen) atoms. The number of carbonyl (C=O) groups is 5. The van der Waals surface area contributed by atoms with Crippen LogP contribution in [0.15, 0.2) is 0 Å². The quantitative estimate of drug-likeness (QED) is 0.324. The summed E-state index contributed by atoms with van der Waals surface area (Å²) >= 11 is 0. The van der Waals surface area contributed by atoms with Gasteiger partial charge in [-0.25, -0.2) is 0 Å². The number of Topliss-reactive ketones (excluding diaryl/α,β-unsaturated/α-hetero) is 1. The van der Waals surface area contributed by atoms with Crippen LogP contribution in [0, 0.1) is 0 Å². The van der Waals surface area contributed by atoms with E-state index in [1.807, 2.05) is 0 Å². The van der Waals surface area contributed by atoms with Crippen LogP contribution in [0.3, 0.4) is 0 Å². The average molecular weight is 381 g/mol. The van der Waals surface area contributed by atoms with Crippen molar-refractivity contribution in [3.8, 4) is 0 Å². The van der Waals surface area contributed by atoms with E-state index in [2.05, 4.69) is 0 Å². The molecule has 0 aromatic carbocycles. The van der Waals surface area contributed by atoms with Gasteiger partial charge in [0, 0.05) is 19.6 Å². The summed E-state index contributed by atoms with van der Waals surface area (Å²) in [7, 11) is 1.62. The van der Waals surface area contributed by atoms with Crippen molar-refractivity contribution in [2.24, 2.45) is 11.5 Å². The molecule has 0 fully saturated rings. The van der Waals surface area contributed by atoms with Gasteiger partial charge in [0.1, 0.15) is 17.3 Å². The van der Waals surface area contributed by atoms with Crippen LogP contribution in [-0.4, -0.2) is 74.3 Å². The lowest BCUT2D eigenvalue weighted by Gasteiger charge is -2.22. The first kappa shape index (κ1) is 22.4. The lowest BCUT2D eigenvalue weighted by atomic mass is 10.1. The summed E-state index contributed by atoms with van der Waals surface area (Å²) in [6.07, 6.45) is 0. The van der Waals surface area contributed by atoms with Gasteiger partial charge in [-0.3, -0.25) is 28.9 Å². The first-order valence-electron chi connectivity index (χ1n) is 6.55. The summed E-state index contributed by atoms with van der Waals surface area (Å²) in [5, 5.41) is 16.4. The molecule has 3 atom stereocenters. The molecule has 2 amide bonds. The Labute approximate surface area is 145 Å². The van der Waals surface area contributed by atoms with Gasteiger partial charge in [-0.15, -0.1) is 0 Å². The molecule has 0 aliphatic carbocycles. The van der Waals surface area contributed by atoms with E-state index in [0.717, 1.165) is 35.4 Å². The number of hydrogen-bond acceptors (Lipinski definition) is 9. The third-order valence-corrected chi connectivity index (χ3v) is 5.57. The molecule has 0 rings (SSSR count). The van der Waals surface area contributed by atoms with Gasteiger partial charge in [0.25, 0.3) is 0 Å². The van der Waals surface area contributed by atoms with Gasteiger partial charge in [0.15, 0.2) is 5.78 Å². The normalized spacial score (nSPS) is 14.3. The number of carboxylic acid groups (broad SMARTS) is 2. The maximum Gasteiger partial charge on any atom is 0.322 e. The van der Waals surface area contributed by atoms with Crippen molar-refractivity contribution in [3.05, 3.63) is 0 Å². The van der Waals surface area contributed by atoms with E-state index in [1.165, 1.54) is 0 Å². The fourth-order valence-corrected chi connectivity index (χ4v) is 4.12. The van der Waals surface area contributed by atoms with Gasteiger partial charge in [0.05, 0.1) is 6.54 Å². The van der Waals surface area contributed by atoms with Gasteiger partial charge >= 0.3 is 11.9 Å². The highest BCUT2D eigenvalue weighted by atomic mass is 33.1. The molecule has 0 heterocycles. The van der Waals surface area contributed by atoms with Crippen LogP contribution in [-0.2, 0) is 24.0 Å². The summed E-state index contributed by atoms with van der Waals surface area (Å²) in [4.78, 5) is 57.3. The number of rotatable bonds is 10. The van der Waals surface area contributed by atoms with Crippen LogP contribution in [0.1, 0.15) is 13.8 Å². The number of carboxylic acids is 2. The summed E-state index contributed by atoms with van der Waals surface area (Å²) in [6.45, 7) is 1.57. The Morgan fingerprint density at radius 1 is 1.00 bits per heavy atom. The van der Waals surface area contributed by atoms with Crippen LogP contribution >= 0.6 is 21.6 Å². The van der Waals surface area contributed by atoms with Gasteiger partial charge in [-0.1, -0.05) is 21.6 Å². The Kier molecular flexibility index (Phi) is 9.58. The molecule has 0 saturated heterocycles. The minimum Gasteiger partial charge on any atom is -0.480 e. The number of imide groups is 1. The standard InChI is InChI=1S/C12H19N3O7S2/c1-5(16)15(6(2)17)3-8(18)10(9(14)12(21)22)24-23-4-7(13)11(19)20/h7,9-10H,3-4,13-14H2,1-2H3,(H,19,20)(H,21,22)/t7-,9-,10?/m0/s1. The second kappa shape index (κ2) is 10.3. The van der Waals surface area contributed by atoms with Crippen molar-refractivity contribution >= 4 is 51.1 Å². The molecule has 136 valence electrons. The highest BCUT2D eigenvalue weighted by molar-refractivity contribution is 8.77. The third-order valence-electron chi connectivity index (χ3n) is 2.74. The largest absolute Gasteiger partial charge is 0.480 e. The van der Waals surface area contributed by atoms with Gasteiger partial charge in [-0.05, 0) is 0 Å². The molecule has 0 bridgehead atoms. The number of hydrogen-bond donors (Lipinski definition) is 4. The van der Waals surface area contributed by atoms with E-state index >= 15 is 0 Å². The Morgan fingerprint density at radius 2 is 1.50 bits per heavy atom. The molecule has 6 N–H and O–H groups in total. The molecule has 12 heteroatoms. The van der Waals surface area contributed by atoms with E-state index in [4.69, 9.17) is 21.7 Å². The summed E-state index contributed by atoms with van der Waals surface area (Å²) in [5.41, 5.74) is 10.8. The maximum absolute atomic E-state index is 12.2. The van der Waals surface area contributed by atoms with E-state index in [0.29, 0.717) is 4.90 Å². The van der Waals surface area contributed by atoms with Crippen LogP contribution < -0.4 is 11.5 Å². The zero-order chi connectivity index (χ0) is 19.0. The Morgan fingerprint density at radius 3 is 1.88 bits per heavy atom. The topological polar surface area (TPSA) is 181 Å². The molecule has 0 aliphatic rings. The Bertz CT molecular complexity index is 515. The fraction of sp³-hybridized carbons (Fsp3) is 0.583. The summed E-state index contributed by atoms with van der Waals surface area (Å²) < 4.78 is 0. The van der Waals surface area contributed by atoms with Gasteiger partial charge in [-0.2, -0.15) is 0 Å². The predicted molar refractivity (Wildman–Crippen MR) is 88.1 cm³/mol. The molecular weight excluding hydrogens is 362 g/mol. The Balaban J connectivity index is 5.02. The van der Waals surface area contributed by atoms with Crippen molar-refractivity contribution in [1.82, 2.24) is 4.90 Å². The number of ketones is 1. The number of carbonyl (C=O) groups excluding carboxylic acids is 3. The van der Waals surface area contributed by atoms with Crippen molar-refractivity contribution < 1.29 is 34.2 Å². The third kappa shape index (κ3) is 7.29. The molecule has 0 radical (unpaired) electrons. The molecule has 1 unspecified atom stereocenters. The van der Waals surface area contributed by atoms with E-state index < -0.39 is 53.4 Å². The highest BCUT2D eigenvalue weighted by Crippen LogP contribution is 2.30. The fourth-order valence-electron chi connectivity index (χ4n) is 1.39. The molecule has 0 aromatic rings. The minimum absolute atomic E-state index is 0.0841. The number of aliphatic carboxylic acids is 2. The number of nitrogens with two attached hydrogens (primary N) is 2. The van der Waals surface area contributed by atoms with Crippen molar-refractivity contribution in [3.63, 3.8) is 0 Å². The van der Waals surface area contributed by atoms with E-state index in [-0.39, 0.29) is 5.75 Å². The van der Waals surface area contributed by atoms with Crippen molar-refractivity contribution in [2.75, 3.05) is 12.3 Å². The second-order valence-electron chi connectivity index (χ2n) is 4.70. The lowest BCUT2D eigenvalue weighted by molar-refractivity contribution is -0.145. The van der Waals surface area contributed by atoms with E-state index in [1.54, 1.807) is 0 Å². The first-order valence-corrected chi connectivity index (χ1v) is 8.93. The maximum atomic E-state index is 12.2. The second-order valence-corrected chi connectivity index (χ2v) is 7.25. The van der Waals surface area contributed by atoms with Crippen molar-refractivity contribution in [2.45, 2.75) is 31.2 Å². The van der Waals surface area contributed by atoms with Crippen molar-refractivity contribution in [1.29, 1.82) is 0 Å². The molecule has 10 nitrogen and oxygen atoms in total. The number of amides is 2. The van der Waals surface area contributed by atoms with Gasteiger partial charge in [0.2, 0.25) is 11.8 Å². The monoisotopic (exact) mass is 381 g/mol. The molecule has 0 spiro atoms. The zero-order valence-electron chi connectivity index (χ0n) is 13.0. The number of nitrogens with zero attached hydrogens (tertiary/aromatic N) is 1. The predicted octanol–water partition coefficient (Wildman–Crippen LogP) is -1.48. The highest BCUT2D eigenvalue weighted by Gasteiger charge is 2.34. The summed E-state index contributed by atoms with van der Waals surface area (Å²) in [5.74, 6) is -4.84. The summed E-state index contributed by atoms with van der Waals surface area (Å²) in [6, 6.07) is -2.78. The van der Waals surface area contributed by atoms with Crippen LogP contribution in [0.5, 0.6) is 0 Å². The SMILES string of the molecule is CC(=O)N(CC(=O)C(SSC[C@H](N)C(=O)O)[C@H](N)C(=O)O)C(C)=O. The Hall–Kier alpha value is -1.63. The van der Waals surface area contributed by atoms with Crippen LogP contribution in [0.25, 0.3) is 0 Å². The molecule has 0 aliphatic heterocycles. The first-order chi connectivity index (χ1) is 11.0. The molecule has 0 aromatic heterocycles. The van der Waals surface area contributed by atoms with Gasteiger partial charge < -0.3 is 21.7 Å². The van der Waals surface area contributed by atoms with Crippen LogP contribution in [0.4, 0.5) is 0 Å². The smallest absolute Gasteiger partial charge is 0.322 e. The lowest BCUT2D eigenvalue weighted by Crippen LogP contribution is -2.49. The van der Waals surface area contributed by atoms with Crippen LogP contribution in [0.2, 0.25) is 0 Å². The van der Waals surface area contributed by atoms with E-state index in [9.17, 15) is 24.0 Å². The molecular formula is C12H19N3O7S2. The molecule has 0 saturated carbocycles. The minimum atomic E-state index is -1.59.